The first-order valence-corrected chi connectivity index (χ1v) is 8.44. The van der Waals surface area contributed by atoms with Gasteiger partial charge in [0.2, 0.25) is 5.52 Å². The standard InChI is InChI=1S/C21H15N4/c1-2-7-16(8-3-1)25-19-13-23-14-22-11-10-18(23)20(19)24-12-15-6-4-5-9-17(15)21(24)25/h1-11,13-14H,12H2/q+1. The van der Waals surface area contributed by atoms with Crippen molar-refractivity contribution in [1.29, 1.82) is 0 Å². The van der Waals surface area contributed by atoms with Gasteiger partial charge in [0.15, 0.2) is 5.52 Å². The molecule has 0 N–H and O–H groups in total. The first kappa shape index (κ1) is 13.0. The van der Waals surface area contributed by atoms with Crippen molar-refractivity contribution in [2.75, 3.05) is 0 Å². The number of para-hydroxylation sites is 1. The molecule has 4 nitrogen and oxygen atoms in total. The Kier molecular flexibility index (Phi) is 2.37. The summed E-state index contributed by atoms with van der Waals surface area (Å²) in [6, 6.07) is 21.4. The number of rotatable bonds is 1. The van der Waals surface area contributed by atoms with Crippen LogP contribution in [0.4, 0.5) is 0 Å². The molecule has 0 aliphatic carbocycles. The molecule has 4 heterocycles. The molecule has 25 heavy (non-hydrogen) atoms. The lowest BCUT2D eigenvalue weighted by molar-refractivity contribution is -0.645. The van der Waals surface area contributed by atoms with E-state index in [1.54, 1.807) is 0 Å². The summed E-state index contributed by atoms with van der Waals surface area (Å²) in [5.74, 6) is 1.26. The van der Waals surface area contributed by atoms with E-state index in [0.29, 0.717) is 0 Å². The van der Waals surface area contributed by atoms with Gasteiger partial charge in [-0.2, -0.15) is 4.57 Å². The number of benzene rings is 2. The van der Waals surface area contributed by atoms with Gasteiger partial charge in [-0.25, -0.2) is 9.55 Å². The van der Waals surface area contributed by atoms with Crippen LogP contribution in [0.15, 0.2) is 79.4 Å². The molecule has 118 valence electrons. The maximum atomic E-state index is 4.27. The van der Waals surface area contributed by atoms with E-state index in [9.17, 15) is 0 Å². The molecule has 0 atom stereocenters. The first-order chi connectivity index (χ1) is 12.4. The molecule has 0 saturated heterocycles. The summed E-state index contributed by atoms with van der Waals surface area (Å²) >= 11 is 0. The number of aromatic nitrogens is 4. The fourth-order valence-corrected chi connectivity index (χ4v) is 4.09. The summed E-state index contributed by atoms with van der Waals surface area (Å²) in [5.41, 5.74) is 7.53. The predicted octanol–water partition coefficient (Wildman–Crippen LogP) is 3.59. The van der Waals surface area contributed by atoms with Gasteiger partial charge in [0.25, 0.3) is 5.82 Å². The summed E-state index contributed by atoms with van der Waals surface area (Å²) in [6.07, 6.45) is 5.92. The fraction of sp³-hybridized carbons (Fsp3) is 0.0476. The fourth-order valence-electron chi connectivity index (χ4n) is 4.09. The van der Waals surface area contributed by atoms with Crippen LogP contribution in [0.2, 0.25) is 0 Å². The van der Waals surface area contributed by atoms with Crippen LogP contribution in [0, 0.1) is 0 Å². The molecule has 0 radical (unpaired) electrons. The lowest BCUT2D eigenvalue weighted by atomic mass is 10.1. The van der Waals surface area contributed by atoms with Crippen molar-refractivity contribution < 1.29 is 4.57 Å². The van der Waals surface area contributed by atoms with E-state index in [-0.39, 0.29) is 0 Å². The highest BCUT2D eigenvalue weighted by molar-refractivity contribution is 5.93. The van der Waals surface area contributed by atoms with Crippen molar-refractivity contribution in [2.45, 2.75) is 6.54 Å². The molecule has 2 aromatic carbocycles. The van der Waals surface area contributed by atoms with Crippen LogP contribution in [0.3, 0.4) is 0 Å². The second-order valence-corrected chi connectivity index (χ2v) is 6.47. The molecule has 0 fully saturated rings. The monoisotopic (exact) mass is 323 g/mol. The number of nitrogens with zero attached hydrogens (tertiary/aromatic N) is 4. The zero-order chi connectivity index (χ0) is 16.4. The minimum Gasteiger partial charge on any atom is -0.299 e. The number of imidazole rings is 1. The van der Waals surface area contributed by atoms with Crippen LogP contribution >= 0.6 is 0 Å². The van der Waals surface area contributed by atoms with E-state index in [4.69, 9.17) is 0 Å². The van der Waals surface area contributed by atoms with Crippen LogP contribution in [0.1, 0.15) is 5.56 Å². The lowest BCUT2D eigenvalue weighted by Gasteiger charge is -2.01. The third-order valence-electron chi connectivity index (χ3n) is 5.11. The van der Waals surface area contributed by atoms with Gasteiger partial charge in [0.1, 0.15) is 12.2 Å². The Balaban J connectivity index is 1.83. The quantitative estimate of drug-likeness (QED) is 0.425. The smallest absolute Gasteiger partial charge is 0.295 e. The highest BCUT2D eigenvalue weighted by atomic mass is 15.2. The van der Waals surface area contributed by atoms with Gasteiger partial charge in [-0.1, -0.05) is 36.4 Å². The Hall–Kier alpha value is -3.40. The number of hydrogen-bond acceptors (Lipinski definition) is 1. The minimum absolute atomic E-state index is 0.907. The van der Waals surface area contributed by atoms with Gasteiger partial charge >= 0.3 is 0 Å². The van der Waals surface area contributed by atoms with Crippen molar-refractivity contribution in [3.63, 3.8) is 0 Å². The third kappa shape index (κ3) is 1.61. The number of hydrogen-bond donors (Lipinski definition) is 0. The molecule has 4 heteroatoms. The van der Waals surface area contributed by atoms with Crippen molar-refractivity contribution in [2.24, 2.45) is 0 Å². The third-order valence-corrected chi connectivity index (χ3v) is 5.11. The molecule has 0 spiro atoms. The average molecular weight is 323 g/mol. The largest absolute Gasteiger partial charge is 0.299 e. The summed E-state index contributed by atoms with van der Waals surface area (Å²) in [7, 11) is 0. The molecule has 5 aromatic rings. The molecule has 0 bridgehead atoms. The van der Waals surface area contributed by atoms with Crippen molar-refractivity contribution >= 4 is 16.6 Å². The molecule has 6 rings (SSSR count). The van der Waals surface area contributed by atoms with Crippen LogP contribution < -0.4 is 4.57 Å². The Morgan fingerprint density at radius 2 is 1.72 bits per heavy atom. The summed E-state index contributed by atoms with van der Waals surface area (Å²) < 4.78 is 6.91. The Morgan fingerprint density at radius 1 is 0.880 bits per heavy atom. The lowest BCUT2D eigenvalue weighted by Crippen LogP contribution is -2.31. The van der Waals surface area contributed by atoms with E-state index in [0.717, 1.165) is 6.54 Å². The zero-order valence-electron chi connectivity index (χ0n) is 13.5. The van der Waals surface area contributed by atoms with Gasteiger partial charge in [-0.15, -0.1) is 0 Å². The van der Waals surface area contributed by atoms with Crippen molar-refractivity contribution in [3.8, 4) is 17.1 Å². The molecule has 0 saturated carbocycles. The average Bonchev–Trinajstić information content (AvgIpc) is 3.29. The van der Waals surface area contributed by atoms with Gasteiger partial charge in [-0.05, 0) is 24.3 Å². The van der Waals surface area contributed by atoms with E-state index < -0.39 is 0 Å². The molecular weight excluding hydrogens is 308 g/mol. The first-order valence-electron chi connectivity index (χ1n) is 8.44. The normalized spacial score (nSPS) is 12.6. The Morgan fingerprint density at radius 3 is 2.64 bits per heavy atom. The molecule has 1 aliphatic heterocycles. The SMILES string of the molecule is c1ccc(-n2c3[n+](c4c2cn2cnccc42)Cc2ccccc2-3)cc1. The van der Waals surface area contributed by atoms with E-state index >= 15 is 0 Å². The highest BCUT2D eigenvalue weighted by Gasteiger charge is 2.36. The van der Waals surface area contributed by atoms with Gasteiger partial charge in [0.05, 0.1) is 23.6 Å². The predicted molar refractivity (Wildman–Crippen MR) is 96.8 cm³/mol. The Bertz CT molecular complexity index is 1260. The molecule has 0 unspecified atom stereocenters. The van der Waals surface area contributed by atoms with E-state index in [2.05, 4.69) is 85.4 Å². The van der Waals surface area contributed by atoms with Gasteiger partial charge < -0.3 is 0 Å². The van der Waals surface area contributed by atoms with Gasteiger partial charge in [0, 0.05) is 11.8 Å². The van der Waals surface area contributed by atoms with E-state index in [1.165, 1.54) is 39.2 Å². The molecule has 3 aromatic heterocycles. The highest BCUT2D eigenvalue weighted by Crippen LogP contribution is 2.35. The maximum Gasteiger partial charge on any atom is 0.295 e. The molecular formula is C21H15N4+. The minimum atomic E-state index is 0.907. The van der Waals surface area contributed by atoms with Crippen LogP contribution in [0.25, 0.3) is 33.6 Å². The maximum absolute atomic E-state index is 4.27. The molecule has 1 aliphatic rings. The summed E-state index contributed by atoms with van der Waals surface area (Å²) in [4.78, 5) is 4.27. The van der Waals surface area contributed by atoms with E-state index in [1.807, 2.05) is 12.5 Å². The topological polar surface area (TPSA) is 26.1 Å². The summed E-state index contributed by atoms with van der Waals surface area (Å²) in [6.45, 7) is 0.907. The van der Waals surface area contributed by atoms with Crippen LogP contribution in [-0.4, -0.2) is 14.0 Å². The second kappa shape index (κ2) is 4.57. The second-order valence-electron chi connectivity index (χ2n) is 6.47. The van der Waals surface area contributed by atoms with Crippen molar-refractivity contribution in [1.82, 2.24) is 14.0 Å². The van der Waals surface area contributed by atoms with Crippen LogP contribution in [0.5, 0.6) is 0 Å². The zero-order valence-corrected chi connectivity index (χ0v) is 13.5. The van der Waals surface area contributed by atoms with Gasteiger partial charge in [-0.3, -0.25) is 4.40 Å². The Labute approximate surface area is 144 Å². The molecule has 0 amide bonds. The number of fused-ring (bicyclic) bond motifs is 7. The van der Waals surface area contributed by atoms with Crippen LogP contribution in [-0.2, 0) is 6.54 Å². The summed E-state index contributed by atoms with van der Waals surface area (Å²) in [5, 5.41) is 0. The van der Waals surface area contributed by atoms with Crippen molar-refractivity contribution in [3.05, 3.63) is 84.9 Å².